The highest BCUT2D eigenvalue weighted by Gasteiger charge is 2.30. The van der Waals surface area contributed by atoms with Crippen molar-refractivity contribution < 1.29 is 19.1 Å². The van der Waals surface area contributed by atoms with Crippen LogP contribution in [0.2, 0.25) is 0 Å². The Balaban J connectivity index is 1.41. The lowest BCUT2D eigenvalue weighted by Gasteiger charge is -2.34. The molecule has 43 heavy (non-hydrogen) atoms. The number of likely N-dealkylation sites (N-methyl/N-ethyl adjacent to an activating group) is 1. The van der Waals surface area contributed by atoms with Crippen molar-refractivity contribution in [2.24, 2.45) is 0 Å². The van der Waals surface area contributed by atoms with Crippen LogP contribution in [0.5, 0.6) is 0 Å². The summed E-state index contributed by atoms with van der Waals surface area (Å²) < 4.78 is 6.59. The van der Waals surface area contributed by atoms with Crippen molar-refractivity contribution in [2.75, 3.05) is 43.4 Å². The second kappa shape index (κ2) is 11.8. The molecule has 226 valence electrons. The number of hydrogen-bond donors (Lipinski definition) is 2. The highest BCUT2D eigenvalue weighted by atomic mass is 32.1. The molecule has 2 aromatic carbocycles. The van der Waals surface area contributed by atoms with E-state index < -0.39 is 29.0 Å². The first kappa shape index (κ1) is 30.2. The van der Waals surface area contributed by atoms with Gasteiger partial charge in [-0.2, -0.15) is 4.68 Å². The number of aromatic nitrogens is 3. The van der Waals surface area contributed by atoms with Crippen molar-refractivity contribution in [3.63, 3.8) is 0 Å². The number of nitrogens with zero attached hydrogens (tertiary/aromatic N) is 5. The largest absolute Gasteiger partial charge is 0.442 e. The number of carbonyl (C=O) groups is 3. The maximum absolute atomic E-state index is 13.3. The predicted molar refractivity (Wildman–Crippen MR) is 168 cm³/mol. The van der Waals surface area contributed by atoms with Gasteiger partial charge in [-0.3, -0.25) is 9.59 Å². The van der Waals surface area contributed by atoms with Crippen LogP contribution in [0.25, 0.3) is 10.3 Å². The maximum Gasteiger partial charge on any atom is 0.436 e. The lowest BCUT2D eigenvalue weighted by atomic mass is 9.94. The number of thiazole rings is 1. The first-order valence-corrected chi connectivity index (χ1v) is 15.0. The number of anilines is 2. The molecule has 3 heterocycles. The van der Waals surface area contributed by atoms with Gasteiger partial charge in [-0.05, 0) is 71.5 Å². The Hall–Kier alpha value is -4.29. The summed E-state index contributed by atoms with van der Waals surface area (Å²) >= 11 is 1.00. The molecule has 1 aliphatic heterocycles. The van der Waals surface area contributed by atoms with E-state index in [0.717, 1.165) is 53.4 Å². The van der Waals surface area contributed by atoms with Gasteiger partial charge in [0.1, 0.15) is 11.1 Å². The van der Waals surface area contributed by atoms with E-state index in [0.29, 0.717) is 5.56 Å². The van der Waals surface area contributed by atoms with Crippen LogP contribution in [0.3, 0.4) is 0 Å². The van der Waals surface area contributed by atoms with Gasteiger partial charge in [-0.25, -0.2) is 9.78 Å². The van der Waals surface area contributed by atoms with Crippen LogP contribution in [0.1, 0.15) is 60.3 Å². The molecule has 0 aliphatic carbocycles. The molecule has 2 amide bonds. The third-order valence-corrected chi connectivity index (χ3v) is 8.17. The number of rotatable bonds is 6. The summed E-state index contributed by atoms with van der Waals surface area (Å²) in [6.07, 6.45) is -0.741. The van der Waals surface area contributed by atoms with Crippen LogP contribution < -0.4 is 15.5 Å². The number of piperazine rings is 1. The van der Waals surface area contributed by atoms with E-state index in [-0.39, 0.29) is 21.2 Å². The normalized spacial score (nSPS) is 14.5. The Labute approximate surface area is 254 Å². The van der Waals surface area contributed by atoms with Gasteiger partial charge in [0.25, 0.3) is 11.8 Å². The SMILES string of the molecule is CN1CCN(c2ccc(C(=O)Nc3nn(C(=O)OC(C)(C)C)c4sc(C(=O)NC(C)(C)c5ccccc5)nc34)cc2)CC1. The summed E-state index contributed by atoms with van der Waals surface area (Å²) in [6, 6.07) is 17.0. The maximum atomic E-state index is 13.3. The molecule has 0 unspecified atom stereocenters. The fourth-order valence-electron chi connectivity index (χ4n) is 4.75. The number of ether oxygens (including phenoxy) is 1. The predicted octanol–water partition coefficient (Wildman–Crippen LogP) is 4.95. The van der Waals surface area contributed by atoms with Gasteiger partial charge in [-0.1, -0.05) is 41.7 Å². The first-order chi connectivity index (χ1) is 20.3. The lowest BCUT2D eigenvalue weighted by Crippen LogP contribution is -2.44. The van der Waals surface area contributed by atoms with E-state index in [1.807, 2.05) is 56.3 Å². The molecule has 1 saturated heterocycles. The summed E-state index contributed by atoms with van der Waals surface area (Å²) in [6.45, 7) is 12.8. The molecule has 0 bridgehead atoms. The zero-order valence-corrected chi connectivity index (χ0v) is 26.1. The third-order valence-electron chi connectivity index (χ3n) is 7.14. The minimum atomic E-state index is -0.783. The first-order valence-electron chi connectivity index (χ1n) is 14.2. The highest BCUT2D eigenvalue weighted by Crippen LogP contribution is 2.31. The van der Waals surface area contributed by atoms with Crippen LogP contribution in [0.4, 0.5) is 16.3 Å². The van der Waals surface area contributed by atoms with E-state index >= 15 is 0 Å². The summed E-state index contributed by atoms with van der Waals surface area (Å²) in [7, 11) is 2.11. The highest BCUT2D eigenvalue weighted by molar-refractivity contribution is 7.20. The van der Waals surface area contributed by atoms with Gasteiger partial charge in [0, 0.05) is 37.4 Å². The molecule has 0 radical (unpaired) electrons. The van der Waals surface area contributed by atoms with Crippen molar-refractivity contribution >= 4 is 51.1 Å². The molecule has 0 spiro atoms. The van der Waals surface area contributed by atoms with Crippen LogP contribution in [-0.2, 0) is 10.3 Å². The Bertz CT molecular complexity index is 1630. The third kappa shape index (κ3) is 6.86. The lowest BCUT2D eigenvalue weighted by molar-refractivity contribution is 0.0523. The van der Waals surface area contributed by atoms with Crippen molar-refractivity contribution in [3.8, 4) is 0 Å². The number of nitrogens with one attached hydrogen (secondary N) is 2. The van der Waals surface area contributed by atoms with Gasteiger partial charge >= 0.3 is 6.09 Å². The number of fused-ring (bicyclic) bond motifs is 1. The molecule has 2 aromatic heterocycles. The Kier molecular flexibility index (Phi) is 8.26. The molecular formula is C31H37N7O4S. The quantitative estimate of drug-likeness (QED) is 0.318. The zero-order valence-electron chi connectivity index (χ0n) is 25.3. The minimum absolute atomic E-state index is 0.0617. The van der Waals surface area contributed by atoms with Gasteiger partial charge in [0.2, 0.25) is 0 Å². The summed E-state index contributed by atoms with van der Waals surface area (Å²) in [5.41, 5.74) is 1.16. The smallest absolute Gasteiger partial charge is 0.436 e. The molecule has 1 aliphatic rings. The second-order valence-corrected chi connectivity index (χ2v) is 13.1. The minimum Gasteiger partial charge on any atom is -0.442 e. The molecule has 1 fully saturated rings. The van der Waals surface area contributed by atoms with Crippen molar-refractivity contribution in [2.45, 2.75) is 45.8 Å². The average molecular weight is 604 g/mol. The molecule has 5 rings (SSSR count). The Morgan fingerprint density at radius 2 is 1.53 bits per heavy atom. The topological polar surface area (TPSA) is 122 Å². The number of hydrogen-bond acceptors (Lipinski definition) is 9. The molecule has 0 saturated carbocycles. The van der Waals surface area contributed by atoms with Gasteiger partial charge in [0.05, 0.1) is 5.54 Å². The molecule has 4 aromatic rings. The number of carbonyl (C=O) groups excluding carboxylic acids is 3. The Morgan fingerprint density at radius 1 is 0.884 bits per heavy atom. The molecule has 12 heteroatoms. The average Bonchev–Trinajstić information content (AvgIpc) is 3.54. The monoisotopic (exact) mass is 603 g/mol. The molecule has 11 nitrogen and oxygen atoms in total. The van der Waals surface area contributed by atoms with Gasteiger partial charge < -0.3 is 25.2 Å². The van der Waals surface area contributed by atoms with Gasteiger partial charge in [0.15, 0.2) is 15.7 Å². The zero-order chi connectivity index (χ0) is 30.9. The van der Waals surface area contributed by atoms with Crippen LogP contribution in [-0.4, -0.2) is 76.4 Å². The number of amides is 2. The van der Waals surface area contributed by atoms with Crippen LogP contribution in [0.15, 0.2) is 54.6 Å². The summed E-state index contributed by atoms with van der Waals surface area (Å²) in [4.78, 5) is 49.1. The summed E-state index contributed by atoms with van der Waals surface area (Å²) in [5, 5.41) is 10.3. The van der Waals surface area contributed by atoms with Crippen LogP contribution >= 0.6 is 11.3 Å². The van der Waals surface area contributed by atoms with Crippen LogP contribution in [0, 0.1) is 0 Å². The summed E-state index contributed by atoms with van der Waals surface area (Å²) in [5.74, 6) is -0.765. The van der Waals surface area contributed by atoms with E-state index in [1.165, 1.54) is 0 Å². The standard InChI is InChI=1S/C31H37N7O4S/c1-30(2,3)42-29(41)38-28-23(32-27(43-28)26(40)34-31(4,5)21-10-8-7-9-11-21)24(35-38)33-25(39)20-12-14-22(15-13-20)37-18-16-36(6)17-19-37/h7-15H,16-19H2,1-6H3,(H,34,40)(H,33,35,39). The van der Waals surface area contributed by atoms with E-state index in [1.54, 1.807) is 32.9 Å². The van der Waals surface area contributed by atoms with Gasteiger partial charge in [-0.15, -0.1) is 5.10 Å². The van der Waals surface area contributed by atoms with Crippen molar-refractivity contribution in [1.82, 2.24) is 25.0 Å². The van der Waals surface area contributed by atoms with E-state index in [2.05, 4.69) is 37.6 Å². The fourth-order valence-corrected chi connectivity index (χ4v) is 5.65. The number of benzene rings is 2. The molecule has 0 atom stereocenters. The van der Waals surface area contributed by atoms with E-state index in [4.69, 9.17) is 4.74 Å². The molecular weight excluding hydrogens is 566 g/mol. The molecule has 2 N–H and O–H groups in total. The van der Waals surface area contributed by atoms with Crippen molar-refractivity contribution in [3.05, 3.63) is 70.7 Å². The Morgan fingerprint density at radius 3 is 2.16 bits per heavy atom. The fraction of sp³-hybridized carbons (Fsp3) is 0.387. The van der Waals surface area contributed by atoms with E-state index in [9.17, 15) is 14.4 Å². The van der Waals surface area contributed by atoms with Crippen molar-refractivity contribution in [1.29, 1.82) is 0 Å². The second-order valence-electron chi connectivity index (χ2n) is 12.2.